The minimum Gasteiger partial charge on any atom is -0.366 e. The Morgan fingerprint density at radius 1 is 1.31 bits per heavy atom. The van der Waals surface area contributed by atoms with E-state index in [0.29, 0.717) is 12.1 Å². The lowest BCUT2D eigenvalue weighted by Crippen LogP contribution is -2.21. The number of nitrogens with zero attached hydrogens (tertiary/aromatic N) is 1. The maximum atomic E-state index is 11.0. The van der Waals surface area contributed by atoms with Crippen LogP contribution in [0.25, 0.3) is 0 Å². The van der Waals surface area contributed by atoms with Crippen LogP contribution in [0.3, 0.4) is 0 Å². The minimum absolute atomic E-state index is 0.153. The van der Waals surface area contributed by atoms with Gasteiger partial charge in [-0.25, -0.2) is 0 Å². The smallest absolute Gasteiger partial charge is 0.248 e. The number of nitriles is 1. The molecule has 2 amide bonds. The molecule has 82 valence electrons. The van der Waals surface area contributed by atoms with Crippen molar-refractivity contribution < 1.29 is 9.59 Å². The zero-order valence-electron chi connectivity index (χ0n) is 8.56. The van der Waals surface area contributed by atoms with Gasteiger partial charge in [0.25, 0.3) is 0 Å². The quantitative estimate of drug-likeness (QED) is 0.759. The number of amides is 2. The second kappa shape index (κ2) is 5.51. The fourth-order valence-corrected chi connectivity index (χ4v) is 1.12. The fraction of sp³-hybridized carbons (Fsp3) is 0.182. The van der Waals surface area contributed by atoms with E-state index in [9.17, 15) is 9.59 Å². The zero-order valence-corrected chi connectivity index (χ0v) is 8.56. The molecular formula is C11H11N3O2. The van der Waals surface area contributed by atoms with Crippen molar-refractivity contribution in [2.75, 3.05) is 0 Å². The van der Waals surface area contributed by atoms with E-state index < -0.39 is 5.91 Å². The van der Waals surface area contributed by atoms with Gasteiger partial charge in [0.1, 0.15) is 6.42 Å². The Kier molecular flexibility index (Phi) is 4.04. The highest BCUT2D eigenvalue weighted by Gasteiger charge is 2.01. The lowest BCUT2D eigenvalue weighted by Gasteiger charge is -2.03. The van der Waals surface area contributed by atoms with E-state index in [1.165, 1.54) is 0 Å². The number of primary amides is 1. The number of hydrogen-bond acceptors (Lipinski definition) is 3. The van der Waals surface area contributed by atoms with Crippen LogP contribution < -0.4 is 11.1 Å². The summed E-state index contributed by atoms with van der Waals surface area (Å²) in [5, 5.41) is 10.8. The van der Waals surface area contributed by atoms with E-state index in [1.807, 2.05) is 0 Å². The van der Waals surface area contributed by atoms with Crippen LogP contribution in [0.15, 0.2) is 24.3 Å². The Morgan fingerprint density at radius 3 is 2.44 bits per heavy atom. The van der Waals surface area contributed by atoms with Crippen molar-refractivity contribution in [1.82, 2.24) is 5.32 Å². The second-order valence-corrected chi connectivity index (χ2v) is 3.17. The van der Waals surface area contributed by atoms with Crippen LogP contribution in [0.1, 0.15) is 22.3 Å². The maximum absolute atomic E-state index is 11.0. The van der Waals surface area contributed by atoms with Crippen molar-refractivity contribution in [3.8, 4) is 6.07 Å². The minimum atomic E-state index is -0.486. The summed E-state index contributed by atoms with van der Waals surface area (Å²) < 4.78 is 0. The monoisotopic (exact) mass is 217 g/mol. The van der Waals surface area contributed by atoms with Gasteiger partial charge in [-0.1, -0.05) is 12.1 Å². The van der Waals surface area contributed by atoms with Gasteiger partial charge < -0.3 is 11.1 Å². The lowest BCUT2D eigenvalue weighted by atomic mass is 10.1. The predicted molar refractivity (Wildman–Crippen MR) is 57.0 cm³/mol. The summed E-state index contributed by atoms with van der Waals surface area (Å²) in [7, 11) is 0. The Hall–Kier alpha value is -2.35. The van der Waals surface area contributed by atoms with Crippen LogP contribution in [-0.2, 0) is 11.3 Å². The van der Waals surface area contributed by atoms with E-state index >= 15 is 0 Å². The van der Waals surface area contributed by atoms with Crippen LogP contribution in [0.5, 0.6) is 0 Å². The van der Waals surface area contributed by atoms with Crippen molar-refractivity contribution in [2.45, 2.75) is 13.0 Å². The van der Waals surface area contributed by atoms with Crippen molar-refractivity contribution in [3.05, 3.63) is 35.4 Å². The van der Waals surface area contributed by atoms with Crippen LogP contribution >= 0.6 is 0 Å². The molecule has 0 aliphatic carbocycles. The summed E-state index contributed by atoms with van der Waals surface area (Å²) in [6, 6.07) is 8.34. The number of hydrogen-bond donors (Lipinski definition) is 2. The molecule has 0 saturated carbocycles. The number of carbonyl (C=O) groups excluding carboxylic acids is 2. The third-order valence-electron chi connectivity index (χ3n) is 1.97. The number of nitrogens with one attached hydrogen (secondary N) is 1. The second-order valence-electron chi connectivity index (χ2n) is 3.17. The van der Waals surface area contributed by atoms with Gasteiger partial charge in [0.2, 0.25) is 11.8 Å². The van der Waals surface area contributed by atoms with Crippen LogP contribution in [0, 0.1) is 11.3 Å². The summed E-state index contributed by atoms with van der Waals surface area (Å²) in [6.45, 7) is 0.333. The van der Waals surface area contributed by atoms with Gasteiger partial charge in [-0.2, -0.15) is 5.26 Å². The molecule has 0 saturated heterocycles. The van der Waals surface area contributed by atoms with Crippen LogP contribution in [0.4, 0.5) is 0 Å². The third-order valence-corrected chi connectivity index (χ3v) is 1.97. The highest BCUT2D eigenvalue weighted by molar-refractivity contribution is 5.92. The fourth-order valence-electron chi connectivity index (χ4n) is 1.12. The molecular weight excluding hydrogens is 206 g/mol. The van der Waals surface area contributed by atoms with Crippen molar-refractivity contribution in [1.29, 1.82) is 5.26 Å². The van der Waals surface area contributed by atoms with E-state index in [4.69, 9.17) is 11.0 Å². The summed E-state index contributed by atoms with van der Waals surface area (Å²) in [4.78, 5) is 21.8. The Balaban J connectivity index is 2.53. The summed E-state index contributed by atoms with van der Waals surface area (Å²) in [5.74, 6) is -0.804. The zero-order chi connectivity index (χ0) is 12.0. The first-order valence-electron chi connectivity index (χ1n) is 4.66. The average Bonchev–Trinajstić information content (AvgIpc) is 2.27. The molecule has 1 aromatic rings. The first kappa shape index (κ1) is 11.7. The van der Waals surface area contributed by atoms with E-state index in [0.717, 1.165) is 5.56 Å². The number of nitrogens with two attached hydrogens (primary N) is 1. The first-order chi connectivity index (χ1) is 7.63. The topological polar surface area (TPSA) is 96.0 Å². The van der Waals surface area contributed by atoms with E-state index in [-0.39, 0.29) is 12.3 Å². The highest BCUT2D eigenvalue weighted by Crippen LogP contribution is 2.03. The Morgan fingerprint density at radius 2 is 1.94 bits per heavy atom. The first-order valence-corrected chi connectivity index (χ1v) is 4.66. The van der Waals surface area contributed by atoms with Crippen molar-refractivity contribution in [2.24, 2.45) is 5.73 Å². The molecule has 1 aromatic carbocycles. The van der Waals surface area contributed by atoms with E-state index in [2.05, 4.69) is 5.32 Å². The number of carbonyl (C=O) groups is 2. The molecule has 0 atom stereocenters. The molecule has 16 heavy (non-hydrogen) atoms. The number of benzene rings is 1. The molecule has 0 aliphatic rings. The van der Waals surface area contributed by atoms with Gasteiger partial charge in [-0.15, -0.1) is 0 Å². The van der Waals surface area contributed by atoms with Gasteiger partial charge in [0, 0.05) is 12.1 Å². The van der Waals surface area contributed by atoms with Crippen LogP contribution in [-0.4, -0.2) is 11.8 Å². The Bertz CT molecular complexity index is 432. The molecule has 3 N–H and O–H groups in total. The lowest BCUT2D eigenvalue weighted by molar-refractivity contribution is -0.120. The van der Waals surface area contributed by atoms with Crippen LogP contribution in [0.2, 0.25) is 0 Å². The van der Waals surface area contributed by atoms with Gasteiger partial charge in [0.05, 0.1) is 6.07 Å². The molecule has 0 spiro atoms. The summed E-state index contributed by atoms with van der Waals surface area (Å²) in [6.07, 6.45) is -0.153. The van der Waals surface area contributed by atoms with Gasteiger partial charge in [-0.3, -0.25) is 9.59 Å². The largest absolute Gasteiger partial charge is 0.366 e. The van der Waals surface area contributed by atoms with Gasteiger partial charge in [-0.05, 0) is 17.7 Å². The molecule has 0 unspecified atom stereocenters. The van der Waals surface area contributed by atoms with Crippen molar-refractivity contribution in [3.63, 3.8) is 0 Å². The SMILES string of the molecule is N#CCC(=O)NCc1ccc(C(N)=O)cc1. The van der Waals surface area contributed by atoms with E-state index in [1.54, 1.807) is 30.3 Å². The molecule has 0 aliphatic heterocycles. The highest BCUT2D eigenvalue weighted by atomic mass is 16.1. The standard InChI is InChI=1S/C11H11N3O2/c12-6-5-10(15)14-7-8-1-3-9(4-2-8)11(13)16/h1-4H,5,7H2,(H2,13,16)(H,14,15). The number of rotatable bonds is 4. The predicted octanol–water partition coefficient (Wildman–Crippen LogP) is 0.315. The molecule has 0 bridgehead atoms. The molecule has 0 aromatic heterocycles. The van der Waals surface area contributed by atoms with Gasteiger partial charge >= 0.3 is 0 Å². The summed E-state index contributed by atoms with van der Waals surface area (Å²) in [5.41, 5.74) is 6.35. The average molecular weight is 217 g/mol. The van der Waals surface area contributed by atoms with Gasteiger partial charge in [0.15, 0.2) is 0 Å². The molecule has 0 radical (unpaired) electrons. The third kappa shape index (κ3) is 3.42. The van der Waals surface area contributed by atoms with Crippen molar-refractivity contribution >= 4 is 11.8 Å². The Labute approximate surface area is 92.9 Å². The maximum Gasteiger partial charge on any atom is 0.248 e. The normalized spacial score (nSPS) is 9.19. The molecule has 5 nitrogen and oxygen atoms in total. The molecule has 1 rings (SSSR count). The molecule has 0 heterocycles. The molecule has 5 heteroatoms. The molecule has 0 fully saturated rings. The summed E-state index contributed by atoms with van der Waals surface area (Å²) >= 11 is 0.